The molecule has 0 fully saturated rings. The summed E-state index contributed by atoms with van der Waals surface area (Å²) in [6.07, 6.45) is 1.11. The Bertz CT molecular complexity index is 523. The van der Waals surface area contributed by atoms with Gasteiger partial charge in [0.15, 0.2) is 0 Å². The molecule has 88 valence electrons. The third-order valence-electron chi connectivity index (χ3n) is 3.16. The van der Waals surface area contributed by atoms with Gasteiger partial charge in [0.25, 0.3) is 0 Å². The lowest BCUT2D eigenvalue weighted by Crippen LogP contribution is -1.99. The van der Waals surface area contributed by atoms with Crippen molar-refractivity contribution in [3.63, 3.8) is 0 Å². The highest BCUT2D eigenvalue weighted by atomic mass is 16.3. The van der Waals surface area contributed by atoms with Crippen LogP contribution in [-0.2, 0) is 0 Å². The number of rotatable bonds is 4. The molecule has 2 aromatic carbocycles. The van der Waals surface area contributed by atoms with Crippen LogP contribution in [0.4, 0.5) is 0 Å². The van der Waals surface area contributed by atoms with Gasteiger partial charge in [-0.3, -0.25) is 0 Å². The van der Waals surface area contributed by atoms with Gasteiger partial charge in [-0.05, 0) is 29.2 Å². The van der Waals surface area contributed by atoms with Gasteiger partial charge in [-0.15, -0.1) is 0 Å². The molecule has 0 aromatic heterocycles. The number of fused-ring (bicyclic) bond motifs is 1. The Labute approximate surface area is 102 Å². The second-order valence-corrected chi connectivity index (χ2v) is 4.39. The van der Waals surface area contributed by atoms with Crippen LogP contribution in [0, 0.1) is 0 Å². The third-order valence-corrected chi connectivity index (χ3v) is 3.16. The molecular weight excluding hydrogens is 208 g/mol. The molecule has 0 aliphatic heterocycles. The minimum absolute atomic E-state index is 0.450. The Morgan fingerprint density at radius 3 is 2.65 bits per heavy atom. The molecule has 0 radical (unpaired) electrons. The first-order valence-corrected chi connectivity index (χ1v) is 6.04. The lowest BCUT2D eigenvalue weighted by Gasteiger charge is -2.14. The number of hydrogen-bond acceptors (Lipinski definition) is 1. The lowest BCUT2D eigenvalue weighted by molar-refractivity contribution is 0.179. The Hall–Kier alpha value is -1.60. The number of aliphatic hydroxyl groups is 1. The molecule has 2 rings (SSSR count). The first-order valence-electron chi connectivity index (χ1n) is 6.04. The summed E-state index contributed by atoms with van der Waals surface area (Å²) in [5.74, 6) is 0. The fraction of sp³-hybridized carbons (Fsp3) is 0.250. The summed E-state index contributed by atoms with van der Waals surface area (Å²) >= 11 is 0. The van der Waals surface area contributed by atoms with E-state index in [4.69, 9.17) is 0 Å². The van der Waals surface area contributed by atoms with Crippen molar-refractivity contribution in [2.24, 2.45) is 0 Å². The third kappa shape index (κ3) is 2.56. The van der Waals surface area contributed by atoms with E-state index in [1.165, 1.54) is 5.39 Å². The Morgan fingerprint density at radius 1 is 1.18 bits per heavy atom. The van der Waals surface area contributed by atoms with Gasteiger partial charge < -0.3 is 5.11 Å². The molecule has 1 atom stereocenters. The zero-order valence-electron chi connectivity index (χ0n) is 10.2. The summed E-state index contributed by atoms with van der Waals surface area (Å²) in [6, 6.07) is 14.2. The van der Waals surface area contributed by atoms with E-state index >= 15 is 0 Å². The van der Waals surface area contributed by atoms with Gasteiger partial charge in [-0.1, -0.05) is 61.5 Å². The molecule has 0 spiro atoms. The standard InChI is InChI=1S/C16H18O/c1-3-12(2)11-16(17)15-10-6-8-13-7-4-5-9-14(13)15/h4-10,16-17H,2-3,11H2,1H3. The monoisotopic (exact) mass is 226 g/mol. The van der Waals surface area contributed by atoms with Crippen molar-refractivity contribution >= 4 is 10.8 Å². The fourth-order valence-corrected chi connectivity index (χ4v) is 2.07. The van der Waals surface area contributed by atoms with Crippen LogP contribution < -0.4 is 0 Å². The van der Waals surface area contributed by atoms with E-state index in [1.54, 1.807) is 0 Å². The highest BCUT2D eigenvalue weighted by Gasteiger charge is 2.11. The fourth-order valence-electron chi connectivity index (χ4n) is 2.07. The summed E-state index contributed by atoms with van der Waals surface area (Å²) < 4.78 is 0. The SMILES string of the molecule is C=C(CC)CC(O)c1cccc2ccccc12. The largest absolute Gasteiger partial charge is 0.388 e. The molecule has 2 aromatic rings. The van der Waals surface area contributed by atoms with E-state index in [-0.39, 0.29) is 0 Å². The Morgan fingerprint density at radius 2 is 1.88 bits per heavy atom. The predicted octanol–water partition coefficient (Wildman–Crippen LogP) is 4.23. The first-order chi connectivity index (χ1) is 8.22. The Kier molecular flexibility index (Phi) is 3.60. The van der Waals surface area contributed by atoms with Crippen molar-refractivity contribution in [2.45, 2.75) is 25.9 Å². The average molecular weight is 226 g/mol. The molecule has 1 unspecified atom stereocenters. The number of hydrogen-bond donors (Lipinski definition) is 1. The van der Waals surface area contributed by atoms with E-state index in [9.17, 15) is 5.11 Å². The summed E-state index contributed by atoms with van der Waals surface area (Å²) in [7, 11) is 0. The van der Waals surface area contributed by atoms with Gasteiger partial charge in [0, 0.05) is 0 Å². The predicted molar refractivity (Wildman–Crippen MR) is 73.0 cm³/mol. The van der Waals surface area contributed by atoms with E-state index < -0.39 is 6.10 Å². The molecule has 0 aliphatic rings. The summed E-state index contributed by atoms with van der Waals surface area (Å²) in [5, 5.41) is 12.6. The molecule has 0 bridgehead atoms. The highest BCUT2D eigenvalue weighted by molar-refractivity contribution is 5.85. The van der Waals surface area contributed by atoms with Crippen molar-refractivity contribution < 1.29 is 5.11 Å². The van der Waals surface area contributed by atoms with Crippen molar-refractivity contribution in [1.82, 2.24) is 0 Å². The van der Waals surface area contributed by atoms with Gasteiger partial charge in [0.05, 0.1) is 6.10 Å². The van der Waals surface area contributed by atoms with Gasteiger partial charge in [0.2, 0.25) is 0 Å². The number of benzene rings is 2. The van der Waals surface area contributed by atoms with Crippen LogP contribution in [0.1, 0.15) is 31.4 Å². The van der Waals surface area contributed by atoms with Crippen LogP contribution in [0.25, 0.3) is 10.8 Å². The van der Waals surface area contributed by atoms with Crippen LogP contribution in [-0.4, -0.2) is 5.11 Å². The normalized spacial score (nSPS) is 12.6. The van der Waals surface area contributed by atoms with Gasteiger partial charge in [0.1, 0.15) is 0 Å². The molecule has 0 heterocycles. The molecule has 0 amide bonds. The van der Waals surface area contributed by atoms with E-state index in [2.05, 4.69) is 31.7 Å². The first kappa shape index (κ1) is 11.9. The molecular formula is C16H18O. The minimum Gasteiger partial charge on any atom is -0.388 e. The van der Waals surface area contributed by atoms with Crippen LogP contribution in [0.3, 0.4) is 0 Å². The van der Waals surface area contributed by atoms with Gasteiger partial charge in [-0.2, -0.15) is 0 Å². The number of aliphatic hydroxyl groups excluding tert-OH is 1. The molecule has 1 heteroatoms. The van der Waals surface area contributed by atoms with Gasteiger partial charge in [-0.25, -0.2) is 0 Å². The molecule has 0 saturated carbocycles. The zero-order chi connectivity index (χ0) is 12.3. The van der Waals surface area contributed by atoms with Crippen molar-refractivity contribution in [1.29, 1.82) is 0 Å². The maximum atomic E-state index is 10.3. The molecule has 0 aliphatic carbocycles. The summed E-state index contributed by atoms with van der Waals surface area (Å²) in [5.41, 5.74) is 2.09. The van der Waals surface area contributed by atoms with Crippen LogP contribution in [0.5, 0.6) is 0 Å². The van der Waals surface area contributed by atoms with Crippen LogP contribution >= 0.6 is 0 Å². The van der Waals surface area contributed by atoms with Crippen LogP contribution in [0.15, 0.2) is 54.6 Å². The van der Waals surface area contributed by atoms with E-state index in [1.807, 2.05) is 24.3 Å². The lowest BCUT2D eigenvalue weighted by atomic mass is 9.96. The van der Waals surface area contributed by atoms with Crippen molar-refractivity contribution in [3.8, 4) is 0 Å². The molecule has 0 saturated heterocycles. The topological polar surface area (TPSA) is 20.2 Å². The zero-order valence-corrected chi connectivity index (χ0v) is 10.2. The summed E-state index contributed by atoms with van der Waals surface area (Å²) in [6.45, 7) is 6.03. The maximum absolute atomic E-state index is 10.3. The van der Waals surface area contributed by atoms with Crippen LogP contribution in [0.2, 0.25) is 0 Å². The second-order valence-electron chi connectivity index (χ2n) is 4.39. The van der Waals surface area contributed by atoms with Crippen molar-refractivity contribution in [3.05, 3.63) is 60.2 Å². The highest BCUT2D eigenvalue weighted by Crippen LogP contribution is 2.28. The molecule has 1 N–H and O–H groups in total. The van der Waals surface area contributed by atoms with Gasteiger partial charge >= 0.3 is 0 Å². The Balaban J connectivity index is 2.38. The average Bonchev–Trinajstić information content (AvgIpc) is 2.37. The van der Waals surface area contributed by atoms with E-state index in [0.29, 0.717) is 6.42 Å². The quantitative estimate of drug-likeness (QED) is 0.773. The maximum Gasteiger partial charge on any atom is 0.0833 e. The second kappa shape index (κ2) is 5.15. The minimum atomic E-state index is -0.450. The molecule has 1 nitrogen and oxygen atoms in total. The van der Waals surface area contributed by atoms with Crippen molar-refractivity contribution in [2.75, 3.05) is 0 Å². The summed E-state index contributed by atoms with van der Waals surface area (Å²) in [4.78, 5) is 0. The molecule has 17 heavy (non-hydrogen) atoms. The smallest absolute Gasteiger partial charge is 0.0833 e. The van der Waals surface area contributed by atoms with E-state index in [0.717, 1.165) is 22.9 Å².